The summed E-state index contributed by atoms with van der Waals surface area (Å²) in [5.74, 6) is 0.936. The first kappa shape index (κ1) is 8.41. The van der Waals surface area contributed by atoms with Crippen LogP contribution in [0.1, 0.15) is 19.8 Å². The molecular formula is C8H17NS. The number of thioether (sulfide) groups is 1. The van der Waals surface area contributed by atoms with Crippen molar-refractivity contribution in [2.24, 2.45) is 5.92 Å². The Morgan fingerprint density at radius 3 is 2.90 bits per heavy atom. The van der Waals surface area contributed by atoms with Crippen LogP contribution in [0.4, 0.5) is 0 Å². The Balaban J connectivity index is 2.25. The molecule has 0 aromatic carbocycles. The Morgan fingerprint density at radius 2 is 2.30 bits per heavy atom. The lowest BCUT2D eigenvalue weighted by molar-refractivity contribution is 0.377. The Bertz CT molecular complexity index is 85.3. The van der Waals surface area contributed by atoms with Crippen molar-refractivity contribution in [3.05, 3.63) is 0 Å². The number of hydrogen-bond acceptors (Lipinski definition) is 2. The highest BCUT2D eigenvalue weighted by atomic mass is 32.2. The molecule has 0 aromatic heterocycles. The number of piperidine rings is 1. The van der Waals surface area contributed by atoms with Crippen LogP contribution in [-0.4, -0.2) is 24.6 Å². The Kier molecular flexibility index (Phi) is 3.57. The van der Waals surface area contributed by atoms with E-state index in [1.165, 1.54) is 25.9 Å². The molecule has 1 fully saturated rings. The van der Waals surface area contributed by atoms with Gasteiger partial charge in [0.05, 0.1) is 0 Å². The molecule has 10 heavy (non-hydrogen) atoms. The van der Waals surface area contributed by atoms with Crippen molar-refractivity contribution >= 4 is 11.8 Å². The van der Waals surface area contributed by atoms with Crippen LogP contribution in [0.3, 0.4) is 0 Å². The second-order valence-corrected chi connectivity index (χ2v) is 4.16. The van der Waals surface area contributed by atoms with Crippen molar-refractivity contribution in [3.63, 3.8) is 0 Å². The second kappa shape index (κ2) is 4.24. The van der Waals surface area contributed by atoms with Gasteiger partial charge in [0.1, 0.15) is 0 Å². The fourth-order valence-corrected chi connectivity index (χ4v) is 2.23. The van der Waals surface area contributed by atoms with Gasteiger partial charge in [0.25, 0.3) is 0 Å². The Morgan fingerprint density at radius 1 is 1.50 bits per heavy atom. The van der Waals surface area contributed by atoms with Crippen molar-refractivity contribution in [2.75, 3.05) is 19.3 Å². The molecule has 2 unspecified atom stereocenters. The zero-order valence-electron chi connectivity index (χ0n) is 6.89. The molecule has 1 heterocycles. The fraction of sp³-hybridized carbons (Fsp3) is 1.00. The molecule has 1 aliphatic rings. The van der Waals surface area contributed by atoms with Gasteiger partial charge in [-0.3, -0.25) is 0 Å². The maximum atomic E-state index is 3.47. The topological polar surface area (TPSA) is 12.0 Å². The normalized spacial score (nSPS) is 34.2. The molecule has 0 saturated carbocycles. The van der Waals surface area contributed by atoms with Crippen molar-refractivity contribution < 1.29 is 0 Å². The molecule has 0 spiro atoms. The molecule has 1 aliphatic heterocycles. The molecule has 1 rings (SSSR count). The lowest BCUT2D eigenvalue weighted by Crippen LogP contribution is -2.37. The van der Waals surface area contributed by atoms with E-state index in [1.54, 1.807) is 0 Å². The zero-order valence-corrected chi connectivity index (χ0v) is 7.71. The molecular weight excluding hydrogens is 142 g/mol. The molecule has 60 valence electrons. The van der Waals surface area contributed by atoms with E-state index >= 15 is 0 Å². The standard InChI is InChI=1S/C8H17NS/c1-3-7-4-8(10-2)6-9-5-7/h7-9H,3-6H2,1-2H3. The van der Waals surface area contributed by atoms with Crippen LogP contribution in [0.2, 0.25) is 0 Å². The monoisotopic (exact) mass is 159 g/mol. The summed E-state index contributed by atoms with van der Waals surface area (Å²) in [7, 11) is 0. The maximum absolute atomic E-state index is 3.47. The summed E-state index contributed by atoms with van der Waals surface area (Å²) in [5.41, 5.74) is 0. The van der Waals surface area contributed by atoms with Crippen molar-refractivity contribution in [1.82, 2.24) is 5.32 Å². The van der Waals surface area contributed by atoms with E-state index in [-0.39, 0.29) is 0 Å². The van der Waals surface area contributed by atoms with Crippen molar-refractivity contribution in [3.8, 4) is 0 Å². The molecule has 1 N–H and O–H groups in total. The molecule has 0 radical (unpaired) electrons. The van der Waals surface area contributed by atoms with E-state index in [4.69, 9.17) is 0 Å². The third-order valence-electron chi connectivity index (χ3n) is 2.31. The van der Waals surface area contributed by atoms with Gasteiger partial charge in [0.2, 0.25) is 0 Å². The van der Waals surface area contributed by atoms with Crippen molar-refractivity contribution in [1.29, 1.82) is 0 Å². The van der Waals surface area contributed by atoms with Gasteiger partial charge in [-0.2, -0.15) is 11.8 Å². The van der Waals surface area contributed by atoms with Crippen LogP contribution in [0.5, 0.6) is 0 Å². The summed E-state index contributed by atoms with van der Waals surface area (Å²) in [5, 5.41) is 4.34. The van der Waals surface area contributed by atoms with Gasteiger partial charge in [0.15, 0.2) is 0 Å². The molecule has 2 heteroatoms. The third-order valence-corrected chi connectivity index (χ3v) is 3.34. The van der Waals surface area contributed by atoms with Gasteiger partial charge in [-0.05, 0) is 25.1 Å². The average molecular weight is 159 g/mol. The van der Waals surface area contributed by atoms with Crippen LogP contribution >= 0.6 is 11.8 Å². The molecule has 2 atom stereocenters. The third kappa shape index (κ3) is 2.17. The van der Waals surface area contributed by atoms with E-state index in [1.807, 2.05) is 11.8 Å². The van der Waals surface area contributed by atoms with Gasteiger partial charge >= 0.3 is 0 Å². The van der Waals surface area contributed by atoms with Crippen LogP contribution in [0, 0.1) is 5.92 Å². The van der Waals surface area contributed by atoms with Crippen LogP contribution in [0.15, 0.2) is 0 Å². The maximum Gasteiger partial charge on any atom is 0.0172 e. The van der Waals surface area contributed by atoms with Crippen LogP contribution in [-0.2, 0) is 0 Å². The summed E-state index contributed by atoms with van der Waals surface area (Å²) in [6, 6.07) is 0. The second-order valence-electron chi connectivity index (χ2n) is 3.03. The first-order valence-corrected chi connectivity index (χ1v) is 5.39. The van der Waals surface area contributed by atoms with Gasteiger partial charge < -0.3 is 5.32 Å². The summed E-state index contributed by atoms with van der Waals surface area (Å²) in [4.78, 5) is 0. The minimum absolute atomic E-state index is 0.874. The van der Waals surface area contributed by atoms with E-state index < -0.39 is 0 Å². The summed E-state index contributed by atoms with van der Waals surface area (Å²) < 4.78 is 0. The Labute approximate surface area is 68.0 Å². The predicted octanol–water partition coefficient (Wildman–Crippen LogP) is 1.74. The lowest BCUT2D eigenvalue weighted by atomic mass is 9.97. The number of rotatable bonds is 2. The molecule has 1 saturated heterocycles. The smallest absolute Gasteiger partial charge is 0.0172 e. The average Bonchev–Trinajstić information content (AvgIpc) is 2.05. The van der Waals surface area contributed by atoms with E-state index in [0.717, 1.165) is 11.2 Å². The summed E-state index contributed by atoms with van der Waals surface area (Å²) in [6.45, 7) is 4.75. The zero-order chi connectivity index (χ0) is 7.40. The minimum atomic E-state index is 0.874. The Hall–Kier alpha value is 0.310. The highest BCUT2D eigenvalue weighted by molar-refractivity contribution is 7.99. The first-order chi connectivity index (χ1) is 4.86. The highest BCUT2D eigenvalue weighted by Gasteiger charge is 2.18. The van der Waals surface area contributed by atoms with E-state index in [2.05, 4.69) is 18.5 Å². The van der Waals surface area contributed by atoms with Gasteiger partial charge in [0, 0.05) is 11.8 Å². The highest BCUT2D eigenvalue weighted by Crippen LogP contribution is 2.21. The molecule has 1 nitrogen and oxygen atoms in total. The summed E-state index contributed by atoms with van der Waals surface area (Å²) in [6.07, 6.45) is 4.97. The van der Waals surface area contributed by atoms with Gasteiger partial charge in [-0.1, -0.05) is 13.3 Å². The molecule has 0 bridgehead atoms. The first-order valence-electron chi connectivity index (χ1n) is 4.10. The predicted molar refractivity (Wildman–Crippen MR) is 48.6 cm³/mol. The quantitative estimate of drug-likeness (QED) is 0.658. The van der Waals surface area contributed by atoms with E-state index in [9.17, 15) is 0 Å². The summed E-state index contributed by atoms with van der Waals surface area (Å²) >= 11 is 2.00. The van der Waals surface area contributed by atoms with E-state index in [0.29, 0.717) is 0 Å². The van der Waals surface area contributed by atoms with Crippen LogP contribution < -0.4 is 5.32 Å². The molecule has 0 aromatic rings. The fourth-order valence-electron chi connectivity index (χ4n) is 1.48. The van der Waals surface area contributed by atoms with Gasteiger partial charge in [-0.15, -0.1) is 0 Å². The SMILES string of the molecule is CCC1CNCC(SC)C1. The molecule has 0 aliphatic carbocycles. The van der Waals surface area contributed by atoms with Gasteiger partial charge in [-0.25, -0.2) is 0 Å². The number of hydrogen-bond donors (Lipinski definition) is 1. The van der Waals surface area contributed by atoms with Crippen molar-refractivity contribution in [2.45, 2.75) is 25.0 Å². The largest absolute Gasteiger partial charge is 0.315 e. The number of nitrogens with one attached hydrogen (secondary N) is 1. The van der Waals surface area contributed by atoms with Crippen LogP contribution in [0.25, 0.3) is 0 Å². The lowest BCUT2D eigenvalue weighted by Gasteiger charge is -2.27. The minimum Gasteiger partial charge on any atom is -0.315 e. The molecule has 0 amide bonds.